The second-order valence-electron chi connectivity index (χ2n) is 12.9. The summed E-state index contributed by atoms with van der Waals surface area (Å²) in [5.41, 5.74) is 6.48. The van der Waals surface area contributed by atoms with Crippen molar-refractivity contribution in [2.75, 3.05) is 37.8 Å². The fourth-order valence-electron chi connectivity index (χ4n) is 6.53. The number of hydrogen-bond donors (Lipinski definition) is 1. The van der Waals surface area contributed by atoms with Crippen molar-refractivity contribution in [3.63, 3.8) is 0 Å². The largest absolute Gasteiger partial charge is 0.378 e. The summed E-state index contributed by atoms with van der Waals surface area (Å²) in [6.07, 6.45) is 11.3. The second kappa shape index (κ2) is 11.8. The van der Waals surface area contributed by atoms with Crippen LogP contribution in [0.1, 0.15) is 102 Å². The van der Waals surface area contributed by atoms with E-state index in [4.69, 9.17) is 0 Å². The third-order valence-electron chi connectivity index (χ3n) is 8.75. The van der Waals surface area contributed by atoms with Gasteiger partial charge in [0, 0.05) is 51.7 Å². The van der Waals surface area contributed by atoms with Crippen LogP contribution in [0.25, 0.3) is 11.6 Å². The zero-order valence-corrected chi connectivity index (χ0v) is 26.8. The highest BCUT2D eigenvalue weighted by Gasteiger charge is 2.37. The van der Waals surface area contributed by atoms with E-state index in [1.807, 2.05) is 0 Å². The summed E-state index contributed by atoms with van der Waals surface area (Å²) in [5.74, 6) is 0.00177. The minimum absolute atomic E-state index is 0.00177. The molecule has 1 N–H and O–H groups in total. The Morgan fingerprint density at radius 3 is 2.27 bits per heavy atom. The second-order valence-corrected chi connectivity index (χ2v) is 14.7. The minimum Gasteiger partial charge on any atom is -0.378 e. The van der Waals surface area contributed by atoms with Crippen LogP contribution in [0.5, 0.6) is 0 Å². The van der Waals surface area contributed by atoms with Crippen LogP contribution in [-0.4, -0.2) is 46.9 Å². The van der Waals surface area contributed by atoms with E-state index in [0.717, 1.165) is 35.9 Å². The average Bonchev–Trinajstić information content (AvgIpc) is 2.87. The number of benzene rings is 2. The van der Waals surface area contributed by atoms with Crippen LogP contribution in [-0.2, 0) is 15.4 Å². The molecule has 0 fully saturated rings. The Labute approximate surface area is 242 Å². The summed E-state index contributed by atoms with van der Waals surface area (Å²) in [4.78, 5) is 2.15. The summed E-state index contributed by atoms with van der Waals surface area (Å²) in [7, 11) is 0.708. The van der Waals surface area contributed by atoms with Gasteiger partial charge in [-0.05, 0) is 71.2 Å². The van der Waals surface area contributed by atoms with Gasteiger partial charge in [0.2, 0.25) is 15.4 Å². The van der Waals surface area contributed by atoms with Crippen molar-refractivity contribution < 1.29 is 8.42 Å². The highest BCUT2D eigenvalue weighted by Crippen LogP contribution is 2.37. The first-order chi connectivity index (χ1) is 18.8. The zero-order chi connectivity index (χ0) is 29.3. The van der Waals surface area contributed by atoms with Crippen molar-refractivity contribution in [2.45, 2.75) is 91.0 Å². The van der Waals surface area contributed by atoms with Gasteiger partial charge in [0.25, 0.3) is 0 Å². The van der Waals surface area contributed by atoms with Crippen LogP contribution in [0, 0.1) is 0 Å². The van der Waals surface area contributed by atoms with Gasteiger partial charge in [0.1, 0.15) is 6.54 Å². The molecule has 1 aliphatic heterocycles. The lowest BCUT2D eigenvalue weighted by atomic mass is 9.71. The maximum Gasteiger partial charge on any atom is 0.215 e. The maximum absolute atomic E-state index is 13.3. The van der Waals surface area contributed by atoms with E-state index in [-0.39, 0.29) is 16.7 Å². The molecule has 2 aromatic carbocycles. The number of sulfonamides is 1. The Balaban J connectivity index is 1.73. The van der Waals surface area contributed by atoms with E-state index in [2.05, 4.69) is 112 Å². The summed E-state index contributed by atoms with van der Waals surface area (Å²) in [6.45, 7) is 14.7. The predicted octanol–water partition coefficient (Wildman–Crippen LogP) is 5.19. The lowest BCUT2D eigenvalue weighted by Gasteiger charge is -2.34. The molecule has 218 valence electrons. The fraction of sp³-hybridized carbons (Fsp3) is 0.559. The Bertz CT molecular complexity index is 1510. The molecule has 6 heteroatoms. The van der Waals surface area contributed by atoms with Crippen molar-refractivity contribution in [1.82, 2.24) is 9.30 Å². The third-order valence-corrected chi connectivity index (χ3v) is 10.1. The lowest BCUT2D eigenvalue weighted by Crippen LogP contribution is -2.51. The first-order valence-electron chi connectivity index (χ1n) is 15.1. The number of hydrogen-bond acceptors (Lipinski definition) is 3. The van der Waals surface area contributed by atoms with Crippen molar-refractivity contribution in [1.29, 1.82) is 0 Å². The summed E-state index contributed by atoms with van der Waals surface area (Å²) in [5, 5.41) is 2.30. The highest BCUT2D eigenvalue weighted by molar-refractivity contribution is 7.89. The first kappa shape index (κ1) is 30.5. The number of rotatable bonds is 12. The molecular formula is C34H50N3O2S+. The molecule has 40 heavy (non-hydrogen) atoms. The van der Waals surface area contributed by atoms with Gasteiger partial charge >= 0.3 is 0 Å². The van der Waals surface area contributed by atoms with Gasteiger partial charge in [-0.2, -0.15) is 0 Å². The van der Waals surface area contributed by atoms with Gasteiger partial charge in [-0.15, -0.1) is 0 Å². The number of nitrogens with one attached hydrogen (secondary N) is 1. The maximum atomic E-state index is 13.3. The SMILES string of the molecule is CCCCCCCCNS(=O)(=O)CC1=CC(C)(C)[N+](CC)=c2cc3c(cc21)=Cc1ccc(N(C)C)cc1C3(C)C. The van der Waals surface area contributed by atoms with E-state index in [9.17, 15) is 8.42 Å². The van der Waals surface area contributed by atoms with Gasteiger partial charge in [0.05, 0.1) is 11.3 Å². The highest BCUT2D eigenvalue weighted by atomic mass is 32.2. The molecule has 0 spiro atoms. The van der Waals surface area contributed by atoms with Crippen molar-refractivity contribution in [2.24, 2.45) is 0 Å². The van der Waals surface area contributed by atoms with Crippen molar-refractivity contribution in [3.8, 4) is 0 Å². The lowest BCUT2D eigenvalue weighted by molar-refractivity contribution is 0.401. The van der Waals surface area contributed by atoms with Crippen LogP contribution in [0.3, 0.4) is 0 Å². The summed E-state index contributed by atoms with van der Waals surface area (Å²) < 4.78 is 31.8. The van der Waals surface area contributed by atoms with E-state index in [1.165, 1.54) is 53.3 Å². The van der Waals surface area contributed by atoms with Crippen LogP contribution in [0.2, 0.25) is 0 Å². The molecule has 2 aromatic rings. The van der Waals surface area contributed by atoms with Gasteiger partial charge < -0.3 is 4.90 Å². The van der Waals surface area contributed by atoms with Crippen LogP contribution in [0.4, 0.5) is 5.69 Å². The molecule has 4 rings (SSSR count). The quantitative estimate of drug-likeness (QED) is 0.285. The monoisotopic (exact) mass is 564 g/mol. The number of unbranched alkanes of at least 4 members (excludes halogenated alkanes) is 5. The molecule has 1 aliphatic carbocycles. The average molecular weight is 565 g/mol. The van der Waals surface area contributed by atoms with Crippen LogP contribution in [0.15, 0.2) is 36.4 Å². The normalized spacial score (nSPS) is 16.9. The van der Waals surface area contributed by atoms with Crippen LogP contribution < -0.4 is 24.8 Å². The number of fused-ring (bicyclic) bond motifs is 3. The summed E-state index contributed by atoms with van der Waals surface area (Å²) in [6, 6.07) is 11.3. The molecule has 0 amide bonds. The van der Waals surface area contributed by atoms with E-state index in [0.29, 0.717) is 6.54 Å². The Kier molecular flexibility index (Phi) is 9.01. The molecule has 0 aromatic heterocycles. The van der Waals surface area contributed by atoms with Crippen molar-refractivity contribution >= 4 is 27.4 Å². The number of nitrogens with zero attached hydrogens (tertiary/aromatic N) is 2. The number of likely N-dealkylation sites (N-methyl/N-ethyl adjacent to an activating group) is 1. The molecule has 1 heterocycles. The molecule has 2 aliphatic rings. The predicted molar refractivity (Wildman–Crippen MR) is 171 cm³/mol. The Morgan fingerprint density at radius 2 is 1.60 bits per heavy atom. The molecule has 0 atom stereocenters. The van der Waals surface area contributed by atoms with Gasteiger partial charge in [-0.3, -0.25) is 0 Å². The third kappa shape index (κ3) is 6.23. The van der Waals surface area contributed by atoms with Gasteiger partial charge in [-0.25, -0.2) is 17.7 Å². The minimum atomic E-state index is -3.45. The topological polar surface area (TPSA) is 52.4 Å². The molecule has 5 nitrogen and oxygen atoms in total. The molecule has 0 bridgehead atoms. The fourth-order valence-corrected chi connectivity index (χ4v) is 7.73. The smallest absolute Gasteiger partial charge is 0.215 e. The Morgan fingerprint density at radius 1 is 0.900 bits per heavy atom. The van der Waals surface area contributed by atoms with Crippen LogP contribution >= 0.6 is 0 Å². The summed E-state index contributed by atoms with van der Waals surface area (Å²) >= 11 is 0. The first-order valence-corrected chi connectivity index (χ1v) is 16.8. The van der Waals surface area contributed by atoms with E-state index >= 15 is 0 Å². The molecule has 0 saturated carbocycles. The van der Waals surface area contributed by atoms with Crippen molar-refractivity contribution in [3.05, 3.63) is 69.2 Å². The van der Waals surface area contributed by atoms with Gasteiger partial charge in [0.15, 0.2) is 5.54 Å². The zero-order valence-electron chi connectivity index (χ0n) is 26.0. The van der Waals surface area contributed by atoms with Gasteiger partial charge in [-0.1, -0.05) is 58.9 Å². The van der Waals surface area contributed by atoms with E-state index in [1.54, 1.807) is 0 Å². The molecule has 0 saturated heterocycles. The molecule has 0 unspecified atom stereocenters. The molecular weight excluding hydrogens is 514 g/mol. The Hall–Kier alpha value is -2.44. The standard InChI is InChI=1S/C34H50N3O2S/c1-9-11-12-13-14-15-18-35-40(38,39)24-27-23-33(3,4)37(10-2)32-22-31-26(20-29(27)32)19-25-16-17-28(36(7)8)21-30(25)34(31,5)6/h16-17,19-23,35H,9-15,18,24H2,1-8H3/q+1. The molecule has 0 radical (unpaired) electrons. The number of anilines is 1. The van der Waals surface area contributed by atoms with E-state index < -0.39 is 10.0 Å².